The van der Waals surface area contributed by atoms with Crippen LogP contribution < -0.4 is 10.1 Å². The van der Waals surface area contributed by atoms with Crippen LogP contribution in [0.2, 0.25) is 5.02 Å². The highest BCUT2D eigenvalue weighted by Gasteiger charge is 2.22. The maximum atomic E-state index is 13.0. The van der Waals surface area contributed by atoms with Crippen LogP contribution in [0.3, 0.4) is 0 Å². The molecule has 29 heavy (non-hydrogen) atoms. The van der Waals surface area contributed by atoms with E-state index in [1.165, 1.54) is 0 Å². The first-order valence-corrected chi connectivity index (χ1v) is 9.63. The van der Waals surface area contributed by atoms with E-state index in [1.54, 1.807) is 23.9 Å². The Morgan fingerprint density at radius 2 is 1.79 bits per heavy atom. The summed E-state index contributed by atoms with van der Waals surface area (Å²) in [5, 5.41) is 9.23. The molecular formula is C23H20ClN3O2. The number of methoxy groups -OCH3 is 1. The summed E-state index contributed by atoms with van der Waals surface area (Å²) in [6.07, 6.45) is 0. The molecule has 0 fully saturated rings. The SMILES string of the molecule is COc1ccccc1NC(=O)C(C)n1nc(-c2ccccc2)c2cc(Cl)ccc21. The molecule has 3 aromatic carbocycles. The number of amides is 1. The third-order valence-electron chi connectivity index (χ3n) is 4.83. The van der Waals surface area contributed by atoms with Gasteiger partial charge < -0.3 is 10.1 Å². The molecule has 0 spiro atoms. The van der Waals surface area contributed by atoms with Crippen molar-refractivity contribution in [2.45, 2.75) is 13.0 Å². The van der Waals surface area contributed by atoms with Crippen molar-refractivity contribution < 1.29 is 9.53 Å². The Morgan fingerprint density at radius 3 is 2.55 bits per heavy atom. The van der Waals surface area contributed by atoms with Gasteiger partial charge in [0.2, 0.25) is 5.91 Å². The largest absolute Gasteiger partial charge is 0.495 e. The van der Waals surface area contributed by atoms with E-state index in [-0.39, 0.29) is 5.91 Å². The van der Waals surface area contributed by atoms with E-state index < -0.39 is 6.04 Å². The van der Waals surface area contributed by atoms with Crippen molar-refractivity contribution in [2.24, 2.45) is 0 Å². The molecule has 146 valence electrons. The molecule has 0 bridgehead atoms. The number of para-hydroxylation sites is 2. The van der Waals surface area contributed by atoms with Crippen molar-refractivity contribution in [2.75, 3.05) is 12.4 Å². The fourth-order valence-electron chi connectivity index (χ4n) is 3.31. The highest BCUT2D eigenvalue weighted by molar-refractivity contribution is 6.31. The monoisotopic (exact) mass is 405 g/mol. The van der Waals surface area contributed by atoms with E-state index in [4.69, 9.17) is 21.4 Å². The number of aromatic nitrogens is 2. The van der Waals surface area contributed by atoms with Crippen LogP contribution in [0.5, 0.6) is 5.75 Å². The van der Waals surface area contributed by atoms with Crippen LogP contribution in [0.4, 0.5) is 5.69 Å². The van der Waals surface area contributed by atoms with Crippen molar-refractivity contribution in [3.63, 3.8) is 0 Å². The molecule has 0 saturated carbocycles. The first-order chi connectivity index (χ1) is 14.1. The molecule has 0 aliphatic heterocycles. The van der Waals surface area contributed by atoms with Gasteiger partial charge in [-0.05, 0) is 37.3 Å². The summed E-state index contributed by atoms with van der Waals surface area (Å²) in [4.78, 5) is 13.0. The minimum Gasteiger partial charge on any atom is -0.495 e. The van der Waals surface area contributed by atoms with Crippen LogP contribution in [0.1, 0.15) is 13.0 Å². The second kappa shape index (κ2) is 7.97. The number of carbonyl (C=O) groups is 1. The van der Waals surface area contributed by atoms with Crippen molar-refractivity contribution >= 4 is 34.1 Å². The molecule has 1 N–H and O–H groups in total. The van der Waals surface area contributed by atoms with E-state index in [2.05, 4.69) is 5.32 Å². The molecule has 0 radical (unpaired) electrons. The minimum absolute atomic E-state index is 0.187. The van der Waals surface area contributed by atoms with Crippen LogP contribution in [-0.2, 0) is 4.79 Å². The molecule has 1 heterocycles. The molecule has 4 aromatic rings. The summed E-state index contributed by atoms with van der Waals surface area (Å²) >= 11 is 6.24. The van der Waals surface area contributed by atoms with E-state index in [1.807, 2.05) is 67.6 Å². The molecule has 1 amide bonds. The number of hydrogen-bond donors (Lipinski definition) is 1. The average molecular weight is 406 g/mol. The van der Waals surface area contributed by atoms with Crippen molar-refractivity contribution in [1.29, 1.82) is 0 Å². The molecule has 4 rings (SSSR count). The van der Waals surface area contributed by atoms with Crippen molar-refractivity contribution in [1.82, 2.24) is 9.78 Å². The number of nitrogens with zero attached hydrogens (tertiary/aromatic N) is 2. The molecule has 0 aliphatic carbocycles. The quantitative estimate of drug-likeness (QED) is 0.472. The first-order valence-electron chi connectivity index (χ1n) is 9.25. The lowest BCUT2D eigenvalue weighted by Crippen LogP contribution is -2.24. The normalized spacial score (nSPS) is 12.0. The van der Waals surface area contributed by atoms with Gasteiger partial charge in [-0.2, -0.15) is 5.10 Å². The Balaban J connectivity index is 1.74. The van der Waals surface area contributed by atoms with Gasteiger partial charge in [0.05, 0.1) is 18.3 Å². The third kappa shape index (κ3) is 3.69. The van der Waals surface area contributed by atoms with Gasteiger partial charge in [-0.3, -0.25) is 9.48 Å². The second-order valence-electron chi connectivity index (χ2n) is 6.69. The maximum Gasteiger partial charge on any atom is 0.249 e. The highest BCUT2D eigenvalue weighted by atomic mass is 35.5. The van der Waals surface area contributed by atoms with Crippen LogP contribution in [0, 0.1) is 0 Å². The van der Waals surface area contributed by atoms with Gasteiger partial charge in [-0.25, -0.2) is 0 Å². The summed E-state index contributed by atoms with van der Waals surface area (Å²) in [7, 11) is 1.57. The van der Waals surface area contributed by atoms with Gasteiger partial charge in [0.1, 0.15) is 17.5 Å². The zero-order valence-corrected chi connectivity index (χ0v) is 16.9. The number of fused-ring (bicyclic) bond motifs is 1. The lowest BCUT2D eigenvalue weighted by Gasteiger charge is -2.15. The third-order valence-corrected chi connectivity index (χ3v) is 5.06. The van der Waals surface area contributed by atoms with E-state index in [0.717, 1.165) is 22.2 Å². The lowest BCUT2D eigenvalue weighted by molar-refractivity contribution is -0.119. The van der Waals surface area contributed by atoms with Crippen molar-refractivity contribution in [3.8, 4) is 17.0 Å². The summed E-state index contributed by atoms with van der Waals surface area (Å²) in [6.45, 7) is 1.82. The number of nitrogens with one attached hydrogen (secondary N) is 1. The second-order valence-corrected chi connectivity index (χ2v) is 7.12. The summed E-state index contributed by atoms with van der Waals surface area (Å²) in [5.41, 5.74) is 3.22. The maximum absolute atomic E-state index is 13.0. The van der Waals surface area contributed by atoms with Crippen molar-refractivity contribution in [3.05, 3.63) is 77.8 Å². The van der Waals surface area contributed by atoms with Gasteiger partial charge in [0.25, 0.3) is 0 Å². The number of ether oxygens (including phenoxy) is 1. The lowest BCUT2D eigenvalue weighted by atomic mass is 10.1. The summed E-state index contributed by atoms with van der Waals surface area (Å²) < 4.78 is 7.06. The topological polar surface area (TPSA) is 56.1 Å². The first kappa shape index (κ1) is 19.0. The fourth-order valence-corrected chi connectivity index (χ4v) is 3.49. The number of hydrogen-bond acceptors (Lipinski definition) is 3. The Kier molecular flexibility index (Phi) is 5.23. The standard InChI is InChI=1S/C23H20ClN3O2/c1-15(23(28)25-19-10-6-7-11-21(19)29-2)27-20-13-12-17(24)14-18(20)22(26-27)16-8-4-3-5-9-16/h3-15H,1-2H3,(H,25,28). The molecule has 1 unspecified atom stereocenters. The van der Waals surface area contributed by atoms with Crippen LogP contribution in [0.25, 0.3) is 22.2 Å². The highest BCUT2D eigenvalue weighted by Crippen LogP contribution is 2.32. The van der Waals surface area contributed by atoms with Gasteiger partial charge in [0.15, 0.2) is 0 Å². The molecule has 6 heteroatoms. The predicted octanol–water partition coefficient (Wildman–Crippen LogP) is 5.57. The summed E-state index contributed by atoms with van der Waals surface area (Å²) in [6, 6.07) is 22.2. The number of halogens is 1. The Bertz CT molecular complexity index is 1170. The Morgan fingerprint density at radius 1 is 1.07 bits per heavy atom. The zero-order chi connectivity index (χ0) is 20.4. The molecule has 1 atom stereocenters. The number of anilines is 1. The fraction of sp³-hybridized carbons (Fsp3) is 0.130. The van der Waals surface area contributed by atoms with Crippen LogP contribution >= 0.6 is 11.6 Å². The smallest absolute Gasteiger partial charge is 0.249 e. The number of rotatable bonds is 5. The van der Waals surface area contributed by atoms with Crippen LogP contribution in [0.15, 0.2) is 72.8 Å². The molecular weight excluding hydrogens is 386 g/mol. The van der Waals surface area contributed by atoms with E-state index in [9.17, 15) is 4.79 Å². The predicted molar refractivity (Wildman–Crippen MR) is 117 cm³/mol. The Labute approximate surface area is 173 Å². The number of carbonyl (C=O) groups excluding carboxylic acids is 1. The van der Waals surface area contributed by atoms with E-state index in [0.29, 0.717) is 16.5 Å². The van der Waals surface area contributed by atoms with Gasteiger partial charge >= 0.3 is 0 Å². The summed E-state index contributed by atoms with van der Waals surface area (Å²) in [5.74, 6) is 0.420. The molecule has 0 saturated heterocycles. The molecule has 5 nitrogen and oxygen atoms in total. The van der Waals surface area contributed by atoms with E-state index >= 15 is 0 Å². The average Bonchev–Trinajstić information content (AvgIpc) is 3.12. The van der Waals surface area contributed by atoms with Gasteiger partial charge in [-0.1, -0.05) is 54.1 Å². The van der Waals surface area contributed by atoms with Gasteiger partial charge in [0, 0.05) is 16.0 Å². The molecule has 0 aliphatic rings. The Hall–Kier alpha value is -3.31. The molecule has 1 aromatic heterocycles. The van der Waals surface area contributed by atoms with Gasteiger partial charge in [-0.15, -0.1) is 0 Å². The number of benzene rings is 3. The zero-order valence-electron chi connectivity index (χ0n) is 16.1. The minimum atomic E-state index is -0.541. The van der Waals surface area contributed by atoms with Crippen LogP contribution in [-0.4, -0.2) is 22.8 Å².